The minimum absolute atomic E-state index is 0.0301. The first-order chi connectivity index (χ1) is 17.0. The van der Waals surface area contributed by atoms with Gasteiger partial charge in [0.25, 0.3) is 0 Å². The highest BCUT2D eigenvalue weighted by Gasteiger charge is 2.36. The average molecular weight is 483 g/mol. The van der Waals surface area contributed by atoms with Crippen molar-refractivity contribution in [1.82, 2.24) is 19.9 Å². The summed E-state index contributed by atoms with van der Waals surface area (Å²) in [7, 11) is 0. The first-order valence-electron chi connectivity index (χ1n) is 12.0. The van der Waals surface area contributed by atoms with Gasteiger partial charge in [-0.25, -0.2) is 13.6 Å². The molecule has 2 unspecified atom stereocenters. The molecule has 7 nitrogen and oxygen atoms in total. The van der Waals surface area contributed by atoms with Crippen LogP contribution >= 0.6 is 0 Å². The third-order valence-corrected chi connectivity index (χ3v) is 6.83. The molecule has 35 heavy (non-hydrogen) atoms. The lowest BCUT2D eigenvalue weighted by atomic mass is 9.84. The molecular formula is C26H28F2N4O3. The van der Waals surface area contributed by atoms with Gasteiger partial charge in [-0.3, -0.25) is 0 Å². The number of likely N-dealkylation sites (tertiary alicyclic amines) is 1. The Morgan fingerprint density at radius 1 is 1.03 bits per heavy atom. The molecule has 2 aliphatic heterocycles. The summed E-state index contributed by atoms with van der Waals surface area (Å²) in [4.78, 5) is 21.5. The van der Waals surface area contributed by atoms with Crippen molar-refractivity contribution in [3.05, 3.63) is 71.1 Å². The minimum Gasteiger partial charge on any atom is -0.378 e. The van der Waals surface area contributed by atoms with Crippen LogP contribution in [0.25, 0.3) is 11.4 Å². The molecule has 0 N–H and O–H groups in total. The number of halogens is 2. The fourth-order valence-electron chi connectivity index (χ4n) is 4.84. The lowest BCUT2D eigenvalue weighted by Gasteiger charge is -2.40. The number of piperidine rings is 1. The number of ether oxygens (including phenoxy) is 1. The van der Waals surface area contributed by atoms with Gasteiger partial charge < -0.3 is 19.1 Å². The van der Waals surface area contributed by atoms with Crippen molar-refractivity contribution in [3.63, 3.8) is 0 Å². The van der Waals surface area contributed by atoms with Gasteiger partial charge in [-0.05, 0) is 36.1 Å². The Hall–Kier alpha value is -3.33. The van der Waals surface area contributed by atoms with E-state index in [9.17, 15) is 13.6 Å². The number of amides is 2. The summed E-state index contributed by atoms with van der Waals surface area (Å²) in [6.45, 7) is 5.31. The molecule has 0 aliphatic carbocycles. The number of nitrogens with zero attached hydrogens (tertiary/aromatic N) is 4. The van der Waals surface area contributed by atoms with Crippen molar-refractivity contribution >= 4 is 6.03 Å². The van der Waals surface area contributed by atoms with Gasteiger partial charge in [0, 0.05) is 38.2 Å². The van der Waals surface area contributed by atoms with Crippen LogP contribution in [0.15, 0.2) is 47.0 Å². The topological polar surface area (TPSA) is 71.7 Å². The predicted octanol–water partition coefficient (Wildman–Crippen LogP) is 4.60. The minimum atomic E-state index is -0.751. The van der Waals surface area contributed by atoms with Gasteiger partial charge in [0.15, 0.2) is 0 Å². The molecule has 0 spiro atoms. The maximum Gasteiger partial charge on any atom is 0.320 e. The Balaban J connectivity index is 1.42. The normalized spacial score (nSPS) is 20.8. The zero-order chi connectivity index (χ0) is 24.4. The van der Waals surface area contributed by atoms with Crippen molar-refractivity contribution in [2.45, 2.75) is 31.6 Å². The molecule has 9 heteroatoms. The van der Waals surface area contributed by atoms with Crippen molar-refractivity contribution in [1.29, 1.82) is 0 Å². The lowest BCUT2D eigenvalue weighted by Crippen LogP contribution is -2.52. The van der Waals surface area contributed by atoms with Crippen LogP contribution < -0.4 is 0 Å². The van der Waals surface area contributed by atoms with E-state index in [0.29, 0.717) is 51.7 Å². The third-order valence-electron chi connectivity index (χ3n) is 6.83. The Bertz CT molecular complexity index is 1180. The van der Waals surface area contributed by atoms with E-state index in [2.05, 4.69) is 41.3 Å². The highest BCUT2D eigenvalue weighted by atomic mass is 19.1. The highest BCUT2D eigenvalue weighted by molar-refractivity contribution is 5.75. The number of carbonyl (C=O) groups is 1. The average Bonchev–Trinajstić information content (AvgIpc) is 3.38. The van der Waals surface area contributed by atoms with E-state index in [0.717, 1.165) is 24.1 Å². The van der Waals surface area contributed by atoms with E-state index in [1.165, 1.54) is 11.6 Å². The second-order valence-electron chi connectivity index (χ2n) is 9.09. The summed E-state index contributed by atoms with van der Waals surface area (Å²) in [6.07, 6.45) is 1.67. The van der Waals surface area contributed by atoms with E-state index < -0.39 is 11.6 Å². The van der Waals surface area contributed by atoms with Gasteiger partial charge in [-0.1, -0.05) is 36.3 Å². The van der Waals surface area contributed by atoms with E-state index >= 15 is 0 Å². The number of benzene rings is 2. The van der Waals surface area contributed by atoms with Crippen molar-refractivity contribution in [2.75, 3.05) is 39.4 Å². The van der Waals surface area contributed by atoms with Crippen molar-refractivity contribution in [3.8, 4) is 11.4 Å². The standard InChI is InChI=1S/C26H28F2N4O3/c1-2-17-3-5-18(6-4-17)19-13-20(16-32(15-19)26(33)31-9-11-34-12-10-31)25-29-24(30-35-25)22-8-7-21(27)14-23(22)28/h3-8,14,19-20H,2,9-13,15-16H2,1H3. The van der Waals surface area contributed by atoms with Gasteiger partial charge in [-0.2, -0.15) is 4.98 Å². The van der Waals surface area contributed by atoms with E-state index in [4.69, 9.17) is 9.26 Å². The quantitative estimate of drug-likeness (QED) is 0.544. The second kappa shape index (κ2) is 10.1. The molecule has 2 saturated heterocycles. The molecule has 2 fully saturated rings. The molecule has 3 heterocycles. The van der Waals surface area contributed by atoms with E-state index in [-0.39, 0.29) is 29.3 Å². The summed E-state index contributed by atoms with van der Waals surface area (Å²) < 4.78 is 38.6. The number of morpholine rings is 1. The molecule has 0 bridgehead atoms. The van der Waals surface area contributed by atoms with Crippen molar-refractivity contribution in [2.24, 2.45) is 0 Å². The molecule has 1 aromatic heterocycles. The summed E-state index contributed by atoms with van der Waals surface area (Å²) in [6, 6.07) is 11.7. The van der Waals surface area contributed by atoms with E-state index in [1.807, 2.05) is 9.80 Å². The molecule has 2 aromatic carbocycles. The summed E-state index contributed by atoms with van der Waals surface area (Å²) in [5.74, 6) is -1.14. The molecule has 0 saturated carbocycles. The first-order valence-corrected chi connectivity index (χ1v) is 12.0. The van der Waals surface area contributed by atoms with Crippen LogP contribution in [0.4, 0.5) is 13.6 Å². The van der Waals surface area contributed by atoms with E-state index in [1.54, 1.807) is 0 Å². The largest absolute Gasteiger partial charge is 0.378 e. The number of rotatable bonds is 4. The molecule has 2 aliphatic rings. The Kier molecular flexibility index (Phi) is 6.77. The van der Waals surface area contributed by atoms with Gasteiger partial charge in [0.1, 0.15) is 11.6 Å². The van der Waals surface area contributed by atoms with Gasteiger partial charge in [0.05, 0.1) is 24.7 Å². The molecule has 0 radical (unpaired) electrons. The molecule has 2 amide bonds. The highest BCUT2D eigenvalue weighted by Crippen LogP contribution is 2.36. The Morgan fingerprint density at radius 2 is 1.77 bits per heavy atom. The molecule has 3 aromatic rings. The SMILES string of the molecule is CCc1ccc(C2CC(c3nc(-c4ccc(F)cc4F)no3)CN(C(=O)N3CCOCC3)C2)cc1. The van der Waals surface area contributed by atoms with Crippen LogP contribution in [0.1, 0.15) is 42.2 Å². The number of aromatic nitrogens is 2. The third kappa shape index (κ3) is 5.05. The second-order valence-corrected chi connectivity index (χ2v) is 9.09. The van der Waals surface area contributed by atoms with Crippen LogP contribution in [0.3, 0.4) is 0 Å². The van der Waals surface area contributed by atoms with Crippen LogP contribution in [-0.2, 0) is 11.2 Å². The summed E-state index contributed by atoms with van der Waals surface area (Å²) in [5, 5.41) is 3.95. The van der Waals surface area contributed by atoms with Gasteiger partial charge in [0.2, 0.25) is 11.7 Å². The zero-order valence-corrected chi connectivity index (χ0v) is 19.6. The molecule has 5 rings (SSSR count). The monoisotopic (exact) mass is 482 g/mol. The number of urea groups is 1. The van der Waals surface area contributed by atoms with Crippen LogP contribution in [-0.4, -0.2) is 65.4 Å². The number of hydrogen-bond acceptors (Lipinski definition) is 5. The number of carbonyl (C=O) groups excluding carboxylic acids is 1. The molecular weight excluding hydrogens is 454 g/mol. The fourth-order valence-corrected chi connectivity index (χ4v) is 4.84. The lowest BCUT2D eigenvalue weighted by molar-refractivity contribution is 0.0392. The molecule has 184 valence electrons. The first kappa shape index (κ1) is 23.4. The smallest absolute Gasteiger partial charge is 0.320 e. The molecule has 2 atom stereocenters. The Morgan fingerprint density at radius 3 is 2.49 bits per heavy atom. The zero-order valence-electron chi connectivity index (χ0n) is 19.6. The summed E-state index contributed by atoms with van der Waals surface area (Å²) in [5.41, 5.74) is 2.48. The number of aryl methyl sites for hydroxylation is 1. The maximum absolute atomic E-state index is 14.3. The van der Waals surface area contributed by atoms with Crippen molar-refractivity contribution < 1.29 is 22.8 Å². The predicted molar refractivity (Wildman–Crippen MR) is 125 cm³/mol. The van der Waals surface area contributed by atoms with Crippen LogP contribution in [0, 0.1) is 11.6 Å². The summed E-state index contributed by atoms with van der Waals surface area (Å²) >= 11 is 0. The van der Waals surface area contributed by atoms with Crippen LogP contribution in [0.5, 0.6) is 0 Å². The van der Waals surface area contributed by atoms with Gasteiger partial charge >= 0.3 is 6.03 Å². The van der Waals surface area contributed by atoms with Gasteiger partial charge in [-0.15, -0.1) is 0 Å². The number of hydrogen-bond donors (Lipinski definition) is 0. The Labute approximate surface area is 202 Å². The fraction of sp³-hybridized carbons (Fsp3) is 0.423. The van der Waals surface area contributed by atoms with Crippen LogP contribution in [0.2, 0.25) is 0 Å². The maximum atomic E-state index is 14.3.